The Bertz CT molecular complexity index is 1100. The van der Waals surface area contributed by atoms with Crippen LogP contribution in [-0.2, 0) is 9.59 Å². The van der Waals surface area contributed by atoms with Gasteiger partial charge in [-0.15, -0.1) is 0 Å². The first-order chi connectivity index (χ1) is 42.2. The molecule has 0 aromatic rings. The Morgan fingerprint density at radius 1 is 0.218 bits per heavy atom. The summed E-state index contributed by atoms with van der Waals surface area (Å²) in [5.74, 6) is -1.81. The number of rotatable bonds is 74. The summed E-state index contributed by atoms with van der Waals surface area (Å²) in [4.78, 5) is 27.3. The van der Waals surface area contributed by atoms with E-state index in [0.29, 0.717) is 0 Å². The molecule has 0 aromatic heterocycles. The standard InChI is InChI=1S/2C40H81NO2.Ca/c2*1-4-6-8-10-12-14-16-18-20-22-24-26-28-30-32-34-36-41(39(3)38-40(42)43)37-35-33-31-29-27-25-23-21-19-17-15-13-11-9-7-5-2;/h2*39H,4-38H2,1-3H3,(H,42,43);/q;;+2/p-2. The summed E-state index contributed by atoms with van der Waals surface area (Å²) in [5, 5.41) is 22.4. The Hall–Kier alpha value is 0.120. The Morgan fingerprint density at radius 2 is 0.322 bits per heavy atom. The van der Waals surface area contributed by atoms with Crippen molar-refractivity contribution in [3.8, 4) is 0 Å². The van der Waals surface area contributed by atoms with Crippen LogP contribution in [0.25, 0.3) is 0 Å². The molecule has 7 heteroatoms. The van der Waals surface area contributed by atoms with Crippen LogP contribution in [0.15, 0.2) is 0 Å². The normalized spacial score (nSPS) is 12.2. The van der Waals surface area contributed by atoms with E-state index in [4.69, 9.17) is 0 Å². The van der Waals surface area contributed by atoms with Crippen LogP contribution >= 0.6 is 0 Å². The van der Waals surface area contributed by atoms with Gasteiger partial charge in [-0.05, 0) is 65.7 Å². The van der Waals surface area contributed by atoms with Gasteiger partial charge in [-0.3, -0.25) is 0 Å². The van der Waals surface area contributed by atoms with Crippen molar-refractivity contribution in [1.82, 2.24) is 9.80 Å². The van der Waals surface area contributed by atoms with E-state index in [1.54, 1.807) is 0 Å². The fraction of sp³-hybridized carbons (Fsp3) is 0.975. The number of unbranched alkanes of at least 4 members (excludes halogenated alkanes) is 60. The van der Waals surface area contributed by atoms with Crippen molar-refractivity contribution < 1.29 is 19.8 Å². The average Bonchev–Trinajstić information content (AvgIpc) is 3.53. The fourth-order valence-corrected chi connectivity index (χ4v) is 13.3. The second-order valence-corrected chi connectivity index (χ2v) is 28.1. The van der Waals surface area contributed by atoms with Gasteiger partial charge in [-0.25, -0.2) is 0 Å². The molecule has 0 spiro atoms. The summed E-state index contributed by atoms with van der Waals surface area (Å²) < 4.78 is 0. The van der Waals surface area contributed by atoms with Gasteiger partial charge in [0, 0.05) is 36.9 Å². The van der Waals surface area contributed by atoms with E-state index in [0.717, 1.165) is 26.2 Å². The van der Waals surface area contributed by atoms with E-state index < -0.39 is 11.9 Å². The molecule has 6 nitrogen and oxygen atoms in total. The van der Waals surface area contributed by atoms with Crippen LogP contribution in [0, 0.1) is 0 Å². The second kappa shape index (κ2) is 80.4. The minimum Gasteiger partial charge on any atom is -0.550 e. The molecule has 0 aromatic carbocycles. The third-order valence-electron chi connectivity index (χ3n) is 19.4. The van der Waals surface area contributed by atoms with Crippen LogP contribution in [0.3, 0.4) is 0 Å². The minimum absolute atomic E-state index is 0. The van der Waals surface area contributed by atoms with E-state index in [9.17, 15) is 19.8 Å². The third kappa shape index (κ3) is 78.5. The number of hydrogen-bond acceptors (Lipinski definition) is 6. The zero-order valence-electron chi connectivity index (χ0n) is 60.9. The predicted octanol–water partition coefficient (Wildman–Crippen LogP) is 24.3. The van der Waals surface area contributed by atoms with Crippen molar-refractivity contribution in [3.63, 3.8) is 0 Å². The Balaban J connectivity index is -0.00000160. The quantitative estimate of drug-likeness (QED) is 0.0445. The maximum absolute atomic E-state index is 11.2. The minimum atomic E-state index is -0.906. The molecule has 0 rings (SSSR count). The Morgan fingerprint density at radius 3 is 0.425 bits per heavy atom. The number of carbonyl (C=O) groups is 2. The van der Waals surface area contributed by atoms with E-state index >= 15 is 0 Å². The molecular formula is C80H160CaN2O4. The van der Waals surface area contributed by atoms with Gasteiger partial charge in [0.25, 0.3) is 0 Å². The predicted molar refractivity (Wildman–Crippen MR) is 385 cm³/mol. The molecule has 0 aliphatic heterocycles. The number of carbonyl (C=O) groups excluding carboxylic acids is 2. The number of carboxylic acids is 2. The van der Waals surface area contributed by atoms with Gasteiger partial charge in [-0.2, -0.15) is 0 Å². The smallest absolute Gasteiger partial charge is 0.550 e. The largest absolute Gasteiger partial charge is 2.00 e. The fourth-order valence-electron chi connectivity index (χ4n) is 13.3. The van der Waals surface area contributed by atoms with Crippen LogP contribution in [0.5, 0.6) is 0 Å². The van der Waals surface area contributed by atoms with Gasteiger partial charge in [0.15, 0.2) is 0 Å². The number of nitrogens with zero attached hydrogens (tertiary/aromatic N) is 2. The van der Waals surface area contributed by atoms with Crippen LogP contribution in [0.1, 0.15) is 465 Å². The molecular weight excluding hydrogens is 1090 g/mol. The molecule has 0 radical (unpaired) electrons. The molecule has 0 bridgehead atoms. The van der Waals surface area contributed by atoms with E-state index in [1.807, 2.05) is 0 Å². The van der Waals surface area contributed by atoms with Crippen molar-refractivity contribution in [2.75, 3.05) is 26.2 Å². The summed E-state index contributed by atoms with van der Waals surface area (Å²) in [5.41, 5.74) is 0. The first-order valence-electron chi connectivity index (χ1n) is 40.1. The van der Waals surface area contributed by atoms with Gasteiger partial charge in [0.05, 0.1) is 0 Å². The van der Waals surface area contributed by atoms with E-state index in [1.165, 1.54) is 411 Å². The summed E-state index contributed by atoms with van der Waals surface area (Å²) in [7, 11) is 0. The second-order valence-electron chi connectivity index (χ2n) is 28.1. The molecule has 0 aliphatic rings. The molecule has 87 heavy (non-hydrogen) atoms. The molecule has 0 heterocycles. The average molecular weight is 1250 g/mol. The van der Waals surface area contributed by atoms with Crippen molar-refractivity contribution in [3.05, 3.63) is 0 Å². The molecule has 2 unspecified atom stereocenters. The van der Waals surface area contributed by atoms with Gasteiger partial charge >= 0.3 is 37.7 Å². The first kappa shape index (κ1) is 91.3. The van der Waals surface area contributed by atoms with Gasteiger partial charge < -0.3 is 29.6 Å². The van der Waals surface area contributed by atoms with Crippen LogP contribution in [0.4, 0.5) is 0 Å². The molecule has 516 valence electrons. The molecule has 0 saturated carbocycles. The first-order valence-corrected chi connectivity index (χ1v) is 40.1. The summed E-state index contributed by atoms with van der Waals surface area (Å²) in [6, 6.07) is 0.190. The van der Waals surface area contributed by atoms with Crippen molar-refractivity contribution in [2.45, 2.75) is 477 Å². The zero-order chi connectivity index (χ0) is 63.0. The third-order valence-corrected chi connectivity index (χ3v) is 19.4. The van der Waals surface area contributed by atoms with Gasteiger partial charge in [-0.1, -0.05) is 413 Å². The van der Waals surface area contributed by atoms with E-state index in [2.05, 4.69) is 51.3 Å². The molecule has 0 aliphatic carbocycles. The maximum atomic E-state index is 11.2. The van der Waals surface area contributed by atoms with Crippen molar-refractivity contribution >= 4 is 49.7 Å². The monoisotopic (exact) mass is 1250 g/mol. The SMILES string of the molecule is CCCCCCCCCCCCCCCCCCN(CCCCCCCCCCCCCCCCCC)C(C)CC(=O)[O-].CCCCCCCCCCCCCCCCCCN(CCCCCCCCCCCCCCCCCC)C(C)CC(=O)[O-].[Ca+2]. The molecule has 0 amide bonds. The molecule has 0 saturated heterocycles. The van der Waals surface area contributed by atoms with Gasteiger partial charge in [0.1, 0.15) is 0 Å². The Labute approximate surface area is 578 Å². The van der Waals surface area contributed by atoms with E-state index in [-0.39, 0.29) is 62.7 Å². The van der Waals surface area contributed by atoms with Crippen LogP contribution < -0.4 is 10.2 Å². The topological polar surface area (TPSA) is 86.7 Å². The van der Waals surface area contributed by atoms with Crippen LogP contribution in [0.2, 0.25) is 0 Å². The van der Waals surface area contributed by atoms with Gasteiger partial charge in [0.2, 0.25) is 0 Å². The molecule has 0 fully saturated rings. The number of carboxylic acid groups (broad SMARTS) is 2. The summed E-state index contributed by atoms with van der Waals surface area (Å²) >= 11 is 0. The number of hydrogen-bond donors (Lipinski definition) is 0. The summed E-state index contributed by atoms with van der Waals surface area (Å²) in [6.07, 6.45) is 89.3. The zero-order valence-corrected chi connectivity index (χ0v) is 63.1. The Kier molecular flexibility index (Phi) is 84.3. The number of aliphatic carboxylic acids is 2. The van der Waals surface area contributed by atoms with Crippen molar-refractivity contribution in [2.24, 2.45) is 0 Å². The maximum Gasteiger partial charge on any atom is 2.00 e. The summed E-state index contributed by atoms with van der Waals surface area (Å²) in [6.45, 7) is 17.5. The molecule has 0 N–H and O–H groups in total. The van der Waals surface area contributed by atoms with Crippen molar-refractivity contribution in [1.29, 1.82) is 0 Å². The van der Waals surface area contributed by atoms with Crippen LogP contribution in [-0.4, -0.2) is 97.7 Å². The molecule has 2 atom stereocenters.